The summed E-state index contributed by atoms with van der Waals surface area (Å²) < 4.78 is 13.2. The molecule has 1 aromatic heterocycles. The third kappa shape index (κ3) is 1.68. The molecule has 2 aromatic carbocycles. The topological polar surface area (TPSA) is 45.8 Å². The van der Waals surface area contributed by atoms with Gasteiger partial charge in [-0.3, -0.25) is 4.79 Å². The van der Waals surface area contributed by atoms with Crippen LogP contribution >= 0.6 is 0 Å². The lowest BCUT2D eigenvalue weighted by atomic mass is 10.1. The summed E-state index contributed by atoms with van der Waals surface area (Å²) in [6, 6.07) is 13.3. The third-order valence-corrected chi connectivity index (χ3v) is 2.79. The minimum atomic E-state index is -0.329. The highest BCUT2D eigenvalue weighted by molar-refractivity contribution is 5.93. The van der Waals surface area contributed by atoms with Crippen LogP contribution in [0.5, 0.6) is 0 Å². The van der Waals surface area contributed by atoms with Crippen LogP contribution in [-0.2, 0) is 0 Å². The van der Waals surface area contributed by atoms with Crippen LogP contribution in [-0.4, -0.2) is 10.2 Å². The fourth-order valence-corrected chi connectivity index (χ4v) is 1.97. The summed E-state index contributed by atoms with van der Waals surface area (Å²) >= 11 is 0. The quantitative estimate of drug-likeness (QED) is 0.710. The lowest BCUT2D eigenvalue weighted by Crippen LogP contribution is -2.09. The molecule has 0 aliphatic carbocycles. The average Bonchev–Trinajstić information content (AvgIpc) is 2.39. The Labute approximate surface area is 102 Å². The van der Waals surface area contributed by atoms with Crippen molar-refractivity contribution in [3.05, 3.63) is 64.7 Å². The van der Waals surface area contributed by atoms with Crippen molar-refractivity contribution >= 4 is 10.8 Å². The molecule has 0 radical (unpaired) electrons. The normalized spacial score (nSPS) is 10.7. The minimum absolute atomic E-state index is 0.245. The van der Waals surface area contributed by atoms with Gasteiger partial charge in [-0.15, -0.1) is 0 Å². The fourth-order valence-electron chi connectivity index (χ4n) is 1.97. The average molecular weight is 240 g/mol. The molecule has 0 aliphatic heterocycles. The van der Waals surface area contributed by atoms with Crippen LogP contribution in [0.25, 0.3) is 22.0 Å². The standard InChI is InChI=1S/C14H9FN2O/c15-10-5-3-4-9(8-10)13-11-6-1-2-7-12(11)14(18)17-16-13/h1-8H,(H,17,18). The fraction of sp³-hybridized carbons (Fsp3) is 0. The van der Waals surface area contributed by atoms with Gasteiger partial charge in [0.15, 0.2) is 0 Å². The molecule has 0 saturated heterocycles. The second kappa shape index (κ2) is 4.07. The Kier molecular flexibility index (Phi) is 2.41. The molecule has 0 aliphatic rings. The smallest absolute Gasteiger partial charge is 0.267 e. The predicted octanol–water partition coefficient (Wildman–Crippen LogP) is 2.73. The Morgan fingerprint density at radius 1 is 1.00 bits per heavy atom. The van der Waals surface area contributed by atoms with E-state index in [9.17, 15) is 9.18 Å². The molecule has 3 nitrogen and oxygen atoms in total. The number of nitrogens with zero attached hydrogens (tertiary/aromatic N) is 1. The second-order valence-electron chi connectivity index (χ2n) is 3.96. The van der Waals surface area contributed by atoms with Gasteiger partial charge in [-0.25, -0.2) is 9.49 Å². The maximum atomic E-state index is 13.2. The molecule has 0 unspecified atom stereocenters. The summed E-state index contributed by atoms with van der Waals surface area (Å²) in [7, 11) is 0. The molecule has 0 bridgehead atoms. The van der Waals surface area contributed by atoms with Gasteiger partial charge >= 0.3 is 0 Å². The highest BCUT2D eigenvalue weighted by Crippen LogP contribution is 2.24. The maximum Gasteiger partial charge on any atom is 0.272 e. The van der Waals surface area contributed by atoms with Gasteiger partial charge < -0.3 is 0 Å². The highest BCUT2D eigenvalue weighted by atomic mass is 19.1. The number of nitrogens with one attached hydrogen (secondary N) is 1. The summed E-state index contributed by atoms with van der Waals surface area (Å²) in [5, 5.41) is 7.71. The van der Waals surface area contributed by atoms with Crippen LogP contribution < -0.4 is 5.56 Å². The van der Waals surface area contributed by atoms with Gasteiger partial charge in [0.05, 0.1) is 11.1 Å². The van der Waals surface area contributed by atoms with Gasteiger partial charge in [0.25, 0.3) is 5.56 Å². The van der Waals surface area contributed by atoms with Crippen molar-refractivity contribution in [2.75, 3.05) is 0 Å². The van der Waals surface area contributed by atoms with E-state index in [1.54, 1.807) is 30.3 Å². The Hall–Kier alpha value is -2.49. The van der Waals surface area contributed by atoms with Crippen molar-refractivity contribution in [2.45, 2.75) is 0 Å². The van der Waals surface area contributed by atoms with Crippen LogP contribution in [0.4, 0.5) is 4.39 Å². The van der Waals surface area contributed by atoms with E-state index in [2.05, 4.69) is 10.2 Å². The van der Waals surface area contributed by atoms with Crippen molar-refractivity contribution < 1.29 is 4.39 Å². The molecular weight excluding hydrogens is 231 g/mol. The number of aromatic amines is 1. The highest BCUT2D eigenvalue weighted by Gasteiger charge is 2.08. The van der Waals surface area contributed by atoms with E-state index in [4.69, 9.17) is 0 Å². The van der Waals surface area contributed by atoms with Gasteiger partial charge in [0.2, 0.25) is 0 Å². The third-order valence-electron chi connectivity index (χ3n) is 2.79. The molecular formula is C14H9FN2O. The summed E-state index contributed by atoms with van der Waals surface area (Å²) in [6.07, 6.45) is 0. The Balaban J connectivity index is 2.37. The van der Waals surface area contributed by atoms with Crippen LogP contribution in [0.15, 0.2) is 53.3 Å². The molecule has 0 saturated carbocycles. The lowest BCUT2D eigenvalue weighted by molar-refractivity contribution is 0.628. The number of halogens is 1. The minimum Gasteiger partial charge on any atom is -0.267 e. The zero-order chi connectivity index (χ0) is 12.5. The van der Waals surface area contributed by atoms with E-state index in [1.807, 2.05) is 6.07 Å². The van der Waals surface area contributed by atoms with Crippen molar-refractivity contribution in [1.82, 2.24) is 10.2 Å². The van der Waals surface area contributed by atoms with Gasteiger partial charge in [0.1, 0.15) is 5.82 Å². The van der Waals surface area contributed by atoms with Crippen LogP contribution in [0.2, 0.25) is 0 Å². The van der Waals surface area contributed by atoms with E-state index < -0.39 is 0 Å². The zero-order valence-corrected chi connectivity index (χ0v) is 9.35. The van der Waals surface area contributed by atoms with Gasteiger partial charge in [-0.05, 0) is 18.2 Å². The van der Waals surface area contributed by atoms with E-state index in [0.717, 1.165) is 0 Å². The van der Waals surface area contributed by atoms with Gasteiger partial charge in [-0.2, -0.15) is 5.10 Å². The van der Waals surface area contributed by atoms with E-state index >= 15 is 0 Å². The Morgan fingerprint density at radius 2 is 1.78 bits per heavy atom. The van der Waals surface area contributed by atoms with Crippen molar-refractivity contribution in [2.24, 2.45) is 0 Å². The van der Waals surface area contributed by atoms with Crippen molar-refractivity contribution in [1.29, 1.82) is 0 Å². The summed E-state index contributed by atoms with van der Waals surface area (Å²) in [5.41, 5.74) is 0.970. The molecule has 3 rings (SSSR count). The van der Waals surface area contributed by atoms with Crippen LogP contribution in [0.1, 0.15) is 0 Å². The SMILES string of the molecule is O=c1[nH]nc(-c2cccc(F)c2)c2ccccc12. The first-order valence-corrected chi connectivity index (χ1v) is 5.49. The number of rotatable bonds is 1. The zero-order valence-electron chi connectivity index (χ0n) is 9.35. The van der Waals surface area contributed by atoms with Crippen LogP contribution in [0.3, 0.4) is 0 Å². The lowest BCUT2D eigenvalue weighted by Gasteiger charge is -2.04. The molecule has 3 aromatic rings. The van der Waals surface area contributed by atoms with Gasteiger partial charge in [-0.1, -0.05) is 30.3 Å². The summed E-state index contributed by atoms with van der Waals surface area (Å²) in [5.74, 6) is -0.329. The Bertz CT molecular complexity index is 780. The number of H-pyrrole nitrogens is 1. The molecule has 1 heterocycles. The maximum absolute atomic E-state index is 13.2. The number of hydrogen-bond donors (Lipinski definition) is 1. The summed E-state index contributed by atoms with van der Waals surface area (Å²) in [4.78, 5) is 11.6. The summed E-state index contributed by atoms with van der Waals surface area (Å²) in [6.45, 7) is 0. The number of hydrogen-bond acceptors (Lipinski definition) is 2. The molecule has 18 heavy (non-hydrogen) atoms. The van der Waals surface area contributed by atoms with Gasteiger partial charge in [0, 0.05) is 10.9 Å². The van der Waals surface area contributed by atoms with E-state index in [-0.39, 0.29) is 11.4 Å². The van der Waals surface area contributed by atoms with Crippen molar-refractivity contribution in [3.63, 3.8) is 0 Å². The number of fused-ring (bicyclic) bond motifs is 1. The van der Waals surface area contributed by atoms with E-state index in [0.29, 0.717) is 22.0 Å². The molecule has 88 valence electrons. The molecule has 0 spiro atoms. The molecule has 0 fully saturated rings. The molecule has 0 atom stereocenters. The molecule has 0 amide bonds. The number of benzene rings is 2. The second-order valence-corrected chi connectivity index (χ2v) is 3.96. The van der Waals surface area contributed by atoms with Crippen LogP contribution in [0, 0.1) is 5.82 Å². The number of aromatic nitrogens is 2. The first-order chi connectivity index (χ1) is 8.75. The monoisotopic (exact) mass is 240 g/mol. The first-order valence-electron chi connectivity index (χ1n) is 5.49. The van der Waals surface area contributed by atoms with Crippen molar-refractivity contribution in [3.8, 4) is 11.3 Å². The van der Waals surface area contributed by atoms with E-state index in [1.165, 1.54) is 12.1 Å². The largest absolute Gasteiger partial charge is 0.272 e. The first kappa shape index (κ1) is 10.7. The predicted molar refractivity (Wildman–Crippen MR) is 67.8 cm³/mol. The molecule has 1 N–H and O–H groups in total. The molecule has 4 heteroatoms. The Morgan fingerprint density at radius 3 is 2.56 bits per heavy atom.